The topological polar surface area (TPSA) is 55.4 Å². The van der Waals surface area contributed by atoms with E-state index in [1.54, 1.807) is 6.08 Å². The van der Waals surface area contributed by atoms with Crippen LogP contribution in [-0.2, 0) is 14.3 Å². The molecule has 0 radical (unpaired) electrons. The molecule has 0 saturated carbocycles. The molecule has 0 atom stereocenters. The number of benzene rings is 1. The van der Waals surface area contributed by atoms with Crippen molar-refractivity contribution in [2.75, 3.05) is 11.9 Å². The van der Waals surface area contributed by atoms with Gasteiger partial charge in [-0.3, -0.25) is 4.79 Å². The van der Waals surface area contributed by atoms with Crippen molar-refractivity contribution in [2.45, 2.75) is 0 Å². The van der Waals surface area contributed by atoms with Gasteiger partial charge in [0, 0.05) is 11.1 Å². The SMILES string of the molecule is O=C(COC(=O)/C=C/c1ccsc1)Nc1cc(Cl)ccc1F. The number of amides is 1. The van der Waals surface area contributed by atoms with Crippen molar-refractivity contribution in [1.82, 2.24) is 0 Å². The van der Waals surface area contributed by atoms with E-state index in [0.717, 1.165) is 11.6 Å². The summed E-state index contributed by atoms with van der Waals surface area (Å²) in [6.45, 7) is -0.515. The Balaban J connectivity index is 1.82. The lowest BCUT2D eigenvalue weighted by molar-refractivity contribution is -0.142. The molecule has 1 heterocycles. The Morgan fingerprint density at radius 3 is 2.91 bits per heavy atom. The van der Waals surface area contributed by atoms with E-state index >= 15 is 0 Å². The number of esters is 1. The van der Waals surface area contributed by atoms with Gasteiger partial charge in [-0.15, -0.1) is 0 Å². The Hall–Kier alpha value is -2.18. The quantitative estimate of drug-likeness (QED) is 0.667. The maximum absolute atomic E-state index is 13.4. The molecule has 22 heavy (non-hydrogen) atoms. The third-order valence-electron chi connectivity index (χ3n) is 2.50. The predicted molar refractivity (Wildman–Crippen MR) is 84.4 cm³/mol. The summed E-state index contributed by atoms with van der Waals surface area (Å²) < 4.78 is 18.2. The van der Waals surface area contributed by atoms with Gasteiger partial charge < -0.3 is 10.1 Å². The molecule has 0 spiro atoms. The summed E-state index contributed by atoms with van der Waals surface area (Å²) in [6.07, 6.45) is 2.79. The summed E-state index contributed by atoms with van der Waals surface area (Å²) in [7, 11) is 0. The van der Waals surface area contributed by atoms with Gasteiger partial charge in [0.05, 0.1) is 5.69 Å². The zero-order chi connectivity index (χ0) is 15.9. The van der Waals surface area contributed by atoms with Crippen LogP contribution in [0.3, 0.4) is 0 Å². The molecule has 0 aliphatic carbocycles. The molecule has 0 fully saturated rings. The first-order chi connectivity index (χ1) is 10.5. The monoisotopic (exact) mass is 339 g/mol. The fourth-order valence-corrected chi connectivity index (χ4v) is 2.30. The van der Waals surface area contributed by atoms with Gasteiger partial charge >= 0.3 is 5.97 Å². The number of rotatable bonds is 5. The van der Waals surface area contributed by atoms with E-state index in [9.17, 15) is 14.0 Å². The summed E-state index contributed by atoms with van der Waals surface area (Å²) >= 11 is 7.21. The van der Waals surface area contributed by atoms with Crippen molar-refractivity contribution in [2.24, 2.45) is 0 Å². The molecule has 2 aromatic rings. The zero-order valence-electron chi connectivity index (χ0n) is 11.2. The summed E-state index contributed by atoms with van der Waals surface area (Å²) in [5.74, 6) is -1.94. The van der Waals surface area contributed by atoms with Crippen LogP contribution in [-0.4, -0.2) is 18.5 Å². The van der Waals surface area contributed by atoms with Gasteiger partial charge in [-0.2, -0.15) is 11.3 Å². The molecule has 1 aromatic carbocycles. The average Bonchev–Trinajstić information content (AvgIpc) is 3.00. The second-order valence-corrected chi connectivity index (χ2v) is 5.39. The fraction of sp³-hybridized carbons (Fsp3) is 0.0667. The Morgan fingerprint density at radius 1 is 1.36 bits per heavy atom. The van der Waals surface area contributed by atoms with E-state index in [1.807, 2.05) is 16.8 Å². The molecule has 0 aliphatic heterocycles. The van der Waals surface area contributed by atoms with Crippen molar-refractivity contribution in [3.63, 3.8) is 0 Å². The minimum atomic E-state index is -0.659. The Labute approximate surface area is 135 Å². The lowest BCUT2D eigenvalue weighted by Crippen LogP contribution is -2.20. The standard InChI is InChI=1S/C15H11ClFNO3S/c16-11-2-3-12(17)13(7-11)18-14(19)8-21-15(20)4-1-10-5-6-22-9-10/h1-7,9H,8H2,(H,18,19)/b4-1+. The second-order valence-electron chi connectivity index (χ2n) is 4.17. The van der Waals surface area contributed by atoms with Crippen molar-refractivity contribution >= 4 is 46.6 Å². The molecule has 114 valence electrons. The molecule has 0 aliphatic rings. The first-order valence-electron chi connectivity index (χ1n) is 6.16. The highest BCUT2D eigenvalue weighted by molar-refractivity contribution is 7.08. The molecule has 1 N–H and O–H groups in total. The summed E-state index contributed by atoms with van der Waals surface area (Å²) in [5.41, 5.74) is 0.801. The van der Waals surface area contributed by atoms with Crippen LogP contribution in [0.1, 0.15) is 5.56 Å². The number of anilines is 1. The Kier molecular flexibility index (Phi) is 5.68. The van der Waals surface area contributed by atoms with Crippen LogP contribution >= 0.6 is 22.9 Å². The highest BCUT2D eigenvalue weighted by Gasteiger charge is 2.09. The summed E-state index contributed by atoms with van der Waals surface area (Å²) in [5, 5.41) is 6.30. The van der Waals surface area contributed by atoms with Crippen LogP contribution in [0.4, 0.5) is 10.1 Å². The number of hydrogen-bond donors (Lipinski definition) is 1. The average molecular weight is 340 g/mol. The van der Waals surface area contributed by atoms with Crippen LogP contribution in [0.5, 0.6) is 0 Å². The lowest BCUT2D eigenvalue weighted by atomic mass is 10.3. The van der Waals surface area contributed by atoms with Gasteiger partial charge in [0.25, 0.3) is 5.91 Å². The number of hydrogen-bond acceptors (Lipinski definition) is 4. The van der Waals surface area contributed by atoms with Crippen LogP contribution < -0.4 is 5.32 Å². The van der Waals surface area contributed by atoms with E-state index < -0.39 is 24.3 Å². The van der Waals surface area contributed by atoms with E-state index in [0.29, 0.717) is 0 Å². The van der Waals surface area contributed by atoms with E-state index in [-0.39, 0.29) is 10.7 Å². The molecule has 0 bridgehead atoms. The summed E-state index contributed by atoms with van der Waals surface area (Å²) in [4.78, 5) is 23.0. The molecule has 1 aromatic heterocycles. The van der Waals surface area contributed by atoms with Gasteiger partial charge in [0.1, 0.15) is 5.82 Å². The van der Waals surface area contributed by atoms with Crippen LogP contribution in [0.25, 0.3) is 6.08 Å². The van der Waals surface area contributed by atoms with E-state index in [1.165, 1.54) is 29.5 Å². The number of nitrogens with one attached hydrogen (secondary N) is 1. The largest absolute Gasteiger partial charge is 0.452 e. The second kappa shape index (κ2) is 7.72. The molecule has 4 nitrogen and oxygen atoms in total. The number of carbonyl (C=O) groups excluding carboxylic acids is 2. The number of thiophene rings is 1. The first kappa shape index (κ1) is 16.2. The summed E-state index contributed by atoms with van der Waals surface area (Å²) in [6, 6.07) is 5.60. The predicted octanol–water partition coefficient (Wildman–Crippen LogP) is 3.74. The van der Waals surface area contributed by atoms with Gasteiger partial charge in [-0.05, 0) is 46.7 Å². The highest BCUT2D eigenvalue weighted by atomic mass is 35.5. The molecular weight excluding hydrogens is 329 g/mol. The van der Waals surface area contributed by atoms with Gasteiger partial charge in [-0.25, -0.2) is 9.18 Å². The number of carbonyl (C=O) groups is 2. The maximum Gasteiger partial charge on any atom is 0.331 e. The molecule has 1 amide bonds. The van der Waals surface area contributed by atoms with Crippen LogP contribution in [0.15, 0.2) is 41.1 Å². The Morgan fingerprint density at radius 2 is 2.18 bits per heavy atom. The molecule has 7 heteroatoms. The van der Waals surface area contributed by atoms with Crippen molar-refractivity contribution < 1.29 is 18.7 Å². The minimum absolute atomic E-state index is 0.0673. The molecule has 0 saturated heterocycles. The van der Waals surface area contributed by atoms with Crippen molar-refractivity contribution in [3.05, 3.63) is 57.5 Å². The Bertz CT molecular complexity index is 701. The first-order valence-corrected chi connectivity index (χ1v) is 7.48. The normalized spacial score (nSPS) is 10.6. The third kappa shape index (κ3) is 4.98. The third-order valence-corrected chi connectivity index (χ3v) is 3.44. The smallest absolute Gasteiger partial charge is 0.331 e. The van der Waals surface area contributed by atoms with Crippen molar-refractivity contribution in [1.29, 1.82) is 0 Å². The molecule has 2 rings (SSSR count). The number of halogens is 2. The molecule has 0 unspecified atom stereocenters. The fourth-order valence-electron chi connectivity index (χ4n) is 1.50. The zero-order valence-corrected chi connectivity index (χ0v) is 12.8. The van der Waals surface area contributed by atoms with Gasteiger partial charge in [0.2, 0.25) is 0 Å². The molecular formula is C15H11ClFNO3S. The van der Waals surface area contributed by atoms with Gasteiger partial charge in [-0.1, -0.05) is 11.6 Å². The number of ether oxygens (including phenoxy) is 1. The lowest BCUT2D eigenvalue weighted by Gasteiger charge is -2.06. The van der Waals surface area contributed by atoms with Crippen molar-refractivity contribution in [3.8, 4) is 0 Å². The minimum Gasteiger partial charge on any atom is -0.452 e. The highest BCUT2D eigenvalue weighted by Crippen LogP contribution is 2.19. The van der Waals surface area contributed by atoms with E-state index in [4.69, 9.17) is 16.3 Å². The van der Waals surface area contributed by atoms with Crippen LogP contribution in [0.2, 0.25) is 5.02 Å². The van der Waals surface area contributed by atoms with Gasteiger partial charge in [0.15, 0.2) is 6.61 Å². The van der Waals surface area contributed by atoms with Crippen LogP contribution in [0, 0.1) is 5.82 Å². The van der Waals surface area contributed by atoms with E-state index in [2.05, 4.69) is 5.32 Å². The maximum atomic E-state index is 13.4.